The fraction of sp³-hybridized carbons (Fsp3) is 0.462. The first-order chi connectivity index (χ1) is 7.38. The molecule has 0 atom stereocenters. The maximum atomic E-state index is 10.6. The van der Waals surface area contributed by atoms with Crippen LogP contribution in [0.25, 0.3) is 0 Å². The highest BCUT2D eigenvalue weighted by molar-refractivity contribution is 7.08. The zero-order valence-electron chi connectivity index (χ0n) is 9.08. The molecule has 80 valence electrons. The molecule has 2 heteroatoms. The van der Waals surface area contributed by atoms with E-state index in [1.165, 1.54) is 37.0 Å². The van der Waals surface area contributed by atoms with E-state index >= 15 is 0 Å². The molecule has 0 bridgehead atoms. The fourth-order valence-corrected chi connectivity index (χ4v) is 2.03. The van der Waals surface area contributed by atoms with E-state index in [4.69, 9.17) is 0 Å². The Morgan fingerprint density at radius 1 is 1.33 bits per heavy atom. The van der Waals surface area contributed by atoms with Gasteiger partial charge in [-0.1, -0.05) is 38.0 Å². The molecule has 1 heterocycles. The van der Waals surface area contributed by atoms with Crippen LogP contribution in [0.2, 0.25) is 0 Å². The Hall–Kier alpha value is -1.07. The van der Waals surface area contributed by atoms with Crippen LogP contribution < -0.4 is 0 Å². The number of carbonyl (C=O) groups excluding carboxylic acids is 1. The van der Waals surface area contributed by atoms with Crippen molar-refractivity contribution in [1.29, 1.82) is 0 Å². The van der Waals surface area contributed by atoms with Crippen LogP contribution in [-0.4, -0.2) is 6.29 Å². The molecule has 1 aromatic heterocycles. The molecule has 0 aliphatic heterocycles. The van der Waals surface area contributed by atoms with Crippen LogP contribution in [0.5, 0.6) is 0 Å². The van der Waals surface area contributed by atoms with Gasteiger partial charge in [0.05, 0.1) is 0 Å². The second kappa shape index (κ2) is 7.25. The number of aldehydes is 1. The quantitative estimate of drug-likeness (QED) is 0.418. The summed E-state index contributed by atoms with van der Waals surface area (Å²) in [6, 6.07) is 0. The summed E-state index contributed by atoms with van der Waals surface area (Å²) in [5, 5.41) is 3.77. The summed E-state index contributed by atoms with van der Waals surface area (Å²) in [6.07, 6.45) is 6.79. The second-order valence-electron chi connectivity index (χ2n) is 3.47. The van der Waals surface area contributed by atoms with Crippen molar-refractivity contribution in [2.24, 2.45) is 0 Å². The standard InChI is InChI=1S/C13H16OS/c1-2-3-4-5-6-7-8-12-10-15-11-13(12)9-14/h9-11H,2-6H2,1H3. The zero-order chi connectivity index (χ0) is 10.9. The lowest BCUT2D eigenvalue weighted by atomic mass is 10.1. The van der Waals surface area contributed by atoms with Gasteiger partial charge in [0.1, 0.15) is 0 Å². The van der Waals surface area contributed by atoms with Crippen molar-refractivity contribution in [2.45, 2.75) is 39.0 Å². The van der Waals surface area contributed by atoms with Gasteiger partial charge >= 0.3 is 0 Å². The van der Waals surface area contributed by atoms with E-state index in [9.17, 15) is 4.79 Å². The number of hydrogen-bond donors (Lipinski definition) is 0. The van der Waals surface area contributed by atoms with Crippen molar-refractivity contribution in [3.8, 4) is 11.8 Å². The molecule has 0 amide bonds. The predicted molar refractivity (Wildman–Crippen MR) is 65.3 cm³/mol. The van der Waals surface area contributed by atoms with Gasteiger partial charge in [0.2, 0.25) is 0 Å². The molecule has 1 rings (SSSR count). The van der Waals surface area contributed by atoms with Gasteiger partial charge in [0.25, 0.3) is 0 Å². The van der Waals surface area contributed by atoms with Crippen molar-refractivity contribution < 1.29 is 4.79 Å². The Kier molecular flexibility index (Phi) is 5.80. The molecule has 0 aliphatic carbocycles. The van der Waals surface area contributed by atoms with Crippen molar-refractivity contribution >= 4 is 17.6 Å². The third-order valence-corrected chi connectivity index (χ3v) is 2.96. The maximum Gasteiger partial charge on any atom is 0.152 e. The van der Waals surface area contributed by atoms with Gasteiger partial charge < -0.3 is 0 Å². The number of hydrogen-bond acceptors (Lipinski definition) is 2. The molecule has 1 aromatic rings. The van der Waals surface area contributed by atoms with Crippen LogP contribution in [0.4, 0.5) is 0 Å². The van der Waals surface area contributed by atoms with Gasteiger partial charge in [-0.25, -0.2) is 0 Å². The molecule has 0 saturated heterocycles. The minimum Gasteiger partial charge on any atom is -0.298 e. The average molecular weight is 220 g/mol. The molecule has 0 N–H and O–H groups in total. The molecule has 0 radical (unpaired) electrons. The van der Waals surface area contributed by atoms with Crippen LogP contribution in [0.3, 0.4) is 0 Å². The van der Waals surface area contributed by atoms with Gasteiger partial charge in [-0.2, -0.15) is 11.3 Å². The third-order valence-electron chi connectivity index (χ3n) is 2.20. The van der Waals surface area contributed by atoms with Gasteiger partial charge in [-0.15, -0.1) is 0 Å². The highest BCUT2D eigenvalue weighted by Crippen LogP contribution is 2.11. The predicted octanol–water partition coefficient (Wildman–Crippen LogP) is 3.88. The zero-order valence-corrected chi connectivity index (χ0v) is 9.90. The maximum absolute atomic E-state index is 10.6. The van der Waals surface area contributed by atoms with Gasteiger partial charge in [0.15, 0.2) is 6.29 Å². The minimum absolute atomic E-state index is 0.723. The molecule has 0 saturated carbocycles. The first kappa shape index (κ1) is 12.0. The fourth-order valence-electron chi connectivity index (χ4n) is 1.30. The highest BCUT2D eigenvalue weighted by Gasteiger charge is 1.97. The summed E-state index contributed by atoms with van der Waals surface area (Å²) in [4.78, 5) is 10.6. The molecular weight excluding hydrogens is 204 g/mol. The van der Waals surface area contributed by atoms with E-state index in [-0.39, 0.29) is 0 Å². The number of carbonyl (C=O) groups is 1. The smallest absolute Gasteiger partial charge is 0.152 e. The van der Waals surface area contributed by atoms with Crippen molar-refractivity contribution in [3.05, 3.63) is 21.9 Å². The van der Waals surface area contributed by atoms with Gasteiger partial charge in [-0.3, -0.25) is 4.79 Å². The summed E-state index contributed by atoms with van der Waals surface area (Å²) >= 11 is 1.53. The van der Waals surface area contributed by atoms with E-state index in [0.29, 0.717) is 0 Å². The average Bonchev–Trinajstić information content (AvgIpc) is 2.70. The molecule has 1 nitrogen and oxygen atoms in total. The number of rotatable bonds is 5. The van der Waals surface area contributed by atoms with E-state index in [1.807, 2.05) is 10.8 Å². The monoisotopic (exact) mass is 220 g/mol. The Morgan fingerprint density at radius 2 is 2.20 bits per heavy atom. The molecular formula is C13H16OS. The summed E-state index contributed by atoms with van der Waals surface area (Å²) in [6.45, 7) is 2.20. The number of unbranched alkanes of at least 4 members (excludes halogenated alkanes) is 4. The minimum atomic E-state index is 0.723. The molecule has 15 heavy (non-hydrogen) atoms. The molecule has 0 unspecified atom stereocenters. The van der Waals surface area contributed by atoms with Crippen LogP contribution in [0, 0.1) is 11.8 Å². The van der Waals surface area contributed by atoms with Crippen LogP contribution in [0.15, 0.2) is 10.8 Å². The van der Waals surface area contributed by atoms with Crippen molar-refractivity contribution in [3.63, 3.8) is 0 Å². The van der Waals surface area contributed by atoms with E-state index in [1.54, 1.807) is 0 Å². The largest absolute Gasteiger partial charge is 0.298 e. The van der Waals surface area contributed by atoms with Gasteiger partial charge in [-0.05, 0) is 6.42 Å². The Bertz CT molecular complexity index is 354. The highest BCUT2D eigenvalue weighted by atomic mass is 32.1. The van der Waals surface area contributed by atoms with E-state index in [2.05, 4.69) is 18.8 Å². The first-order valence-electron chi connectivity index (χ1n) is 5.38. The van der Waals surface area contributed by atoms with Crippen LogP contribution in [-0.2, 0) is 0 Å². The van der Waals surface area contributed by atoms with Crippen LogP contribution >= 0.6 is 11.3 Å². The van der Waals surface area contributed by atoms with Crippen molar-refractivity contribution in [1.82, 2.24) is 0 Å². The Labute approximate surface area is 95.5 Å². The second-order valence-corrected chi connectivity index (χ2v) is 4.21. The SMILES string of the molecule is CCCCCCC#Cc1cscc1C=O. The lowest BCUT2D eigenvalue weighted by Crippen LogP contribution is -1.79. The van der Waals surface area contributed by atoms with Crippen molar-refractivity contribution in [2.75, 3.05) is 0 Å². The van der Waals surface area contributed by atoms with E-state index < -0.39 is 0 Å². The first-order valence-corrected chi connectivity index (χ1v) is 6.33. The normalized spacial score (nSPS) is 9.40. The molecule has 0 aliphatic rings. The number of thiophene rings is 1. The summed E-state index contributed by atoms with van der Waals surface area (Å²) < 4.78 is 0. The lowest BCUT2D eigenvalue weighted by Gasteiger charge is -1.91. The molecule has 0 spiro atoms. The van der Waals surface area contributed by atoms with Gasteiger partial charge in [0, 0.05) is 28.3 Å². The third kappa shape index (κ3) is 4.31. The van der Waals surface area contributed by atoms with Crippen LogP contribution in [0.1, 0.15) is 54.9 Å². The van der Waals surface area contributed by atoms with E-state index in [0.717, 1.165) is 23.8 Å². The summed E-state index contributed by atoms with van der Waals surface area (Å²) in [7, 11) is 0. The summed E-state index contributed by atoms with van der Waals surface area (Å²) in [5.41, 5.74) is 1.60. The topological polar surface area (TPSA) is 17.1 Å². The lowest BCUT2D eigenvalue weighted by molar-refractivity contribution is 0.112. The molecule has 0 aromatic carbocycles. The molecule has 0 fully saturated rings. The Morgan fingerprint density at radius 3 is 2.93 bits per heavy atom. The Balaban J connectivity index is 2.34. The summed E-state index contributed by atoms with van der Waals surface area (Å²) in [5.74, 6) is 6.17.